The molecule has 3 aromatic rings. The van der Waals surface area contributed by atoms with E-state index in [-0.39, 0.29) is 18.5 Å². The molecule has 0 aliphatic carbocycles. The number of hydrogen-bond acceptors (Lipinski definition) is 11. The van der Waals surface area contributed by atoms with Gasteiger partial charge >= 0.3 is 0 Å². The minimum absolute atomic E-state index is 0.00643. The van der Waals surface area contributed by atoms with Crippen molar-refractivity contribution in [1.29, 1.82) is 0 Å². The predicted molar refractivity (Wildman–Crippen MR) is 125 cm³/mol. The maximum Gasteiger partial charge on any atom is 0.264 e. The van der Waals surface area contributed by atoms with Crippen molar-refractivity contribution in [3.8, 4) is 11.4 Å². The van der Waals surface area contributed by atoms with Crippen molar-refractivity contribution in [1.82, 2.24) is 29.7 Å². The molecular weight excluding hydrogens is 444 g/mol. The number of anilines is 2. The molecule has 2 aliphatic rings. The van der Waals surface area contributed by atoms with E-state index in [1.54, 1.807) is 12.4 Å². The molecule has 2 aliphatic heterocycles. The molecule has 0 bridgehead atoms. The number of amides is 1. The number of morpholine rings is 1. The highest BCUT2D eigenvalue weighted by atomic mass is 32.1. The highest BCUT2D eigenvalue weighted by Crippen LogP contribution is 2.35. The van der Waals surface area contributed by atoms with Crippen LogP contribution in [0.4, 0.5) is 11.8 Å². The topological polar surface area (TPSA) is 134 Å². The Morgan fingerprint density at radius 3 is 2.52 bits per heavy atom. The molecule has 5 rings (SSSR count). The molecule has 3 aromatic heterocycles. The van der Waals surface area contributed by atoms with Crippen LogP contribution in [0.2, 0.25) is 0 Å². The second-order valence-electron chi connectivity index (χ2n) is 7.98. The maximum absolute atomic E-state index is 13.3. The van der Waals surface area contributed by atoms with E-state index < -0.39 is 0 Å². The van der Waals surface area contributed by atoms with Gasteiger partial charge in [-0.1, -0.05) is 0 Å². The third kappa shape index (κ3) is 4.60. The molecule has 0 unspecified atom stereocenters. The second-order valence-corrected chi connectivity index (χ2v) is 9.03. The van der Waals surface area contributed by atoms with E-state index in [1.807, 2.05) is 11.0 Å². The van der Waals surface area contributed by atoms with Gasteiger partial charge in [0, 0.05) is 58.2 Å². The largest absolute Gasteiger partial charge is 0.395 e. The Morgan fingerprint density at radius 2 is 1.82 bits per heavy atom. The number of aliphatic hydroxyl groups excluding tert-OH is 1. The Kier molecular flexibility index (Phi) is 6.31. The predicted octanol–water partition coefficient (Wildman–Crippen LogP) is 0.317. The van der Waals surface area contributed by atoms with Crippen molar-refractivity contribution in [2.45, 2.75) is 0 Å². The lowest BCUT2D eigenvalue weighted by molar-refractivity contribution is 0.0619. The molecule has 12 heteroatoms. The van der Waals surface area contributed by atoms with Crippen molar-refractivity contribution in [3.05, 3.63) is 23.3 Å². The molecule has 5 heterocycles. The van der Waals surface area contributed by atoms with Gasteiger partial charge in [0.1, 0.15) is 0 Å². The number of aromatic nitrogens is 4. The van der Waals surface area contributed by atoms with E-state index in [2.05, 4.69) is 19.8 Å². The number of nitrogens with two attached hydrogens (primary N) is 1. The highest BCUT2D eigenvalue weighted by molar-refractivity contribution is 7.21. The molecule has 11 nitrogen and oxygen atoms in total. The summed E-state index contributed by atoms with van der Waals surface area (Å²) < 4.78 is 6.40. The van der Waals surface area contributed by atoms with Crippen LogP contribution < -0.4 is 10.6 Å². The summed E-state index contributed by atoms with van der Waals surface area (Å²) >= 11 is 1.43. The molecular formula is C21H26N8O3S. The Labute approximate surface area is 194 Å². The van der Waals surface area contributed by atoms with Gasteiger partial charge in [-0.3, -0.25) is 9.69 Å². The number of rotatable bonds is 5. The summed E-state index contributed by atoms with van der Waals surface area (Å²) in [6, 6.07) is 1.86. The molecule has 174 valence electrons. The molecule has 0 atom stereocenters. The standard InChI is InChI=1S/C21H26N8O3S/c22-21-23-12-14(13-24-21)18-25-15-11-16(20(31)29-3-1-27(2-4-29)5-8-30)33-17(15)19(26-18)28-6-9-32-10-7-28/h11-13,30H,1-10H2,(H2,22,23,24). The SMILES string of the molecule is Nc1ncc(-c2nc(N3CCOCC3)c3sc(C(=O)N4CCN(CCO)CC4)cc3n2)cn1. The Balaban J connectivity index is 1.49. The van der Waals surface area contributed by atoms with Crippen molar-refractivity contribution < 1.29 is 14.6 Å². The fourth-order valence-electron chi connectivity index (χ4n) is 4.06. The van der Waals surface area contributed by atoms with Crippen molar-refractivity contribution in [2.24, 2.45) is 0 Å². The fraction of sp³-hybridized carbons (Fsp3) is 0.476. The van der Waals surface area contributed by atoms with Gasteiger partial charge in [-0.15, -0.1) is 11.3 Å². The minimum atomic E-state index is 0.00643. The number of ether oxygens (including phenoxy) is 1. The first-order valence-corrected chi connectivity index (χ1v) is 11.8. The van der Waals surface area contributed by atoms with Crippen LogP contribution in [0.25, 0.3) is 21.6 Å². The number of β-amino-alcohol motifs (C(OH)–C–C–N with tert-alkyl or cyclic N) is 1. The lowest BCUT2D eigenvalue weighted by atomic mass is 10.2. The fourth-order valence-corrected chi connectivity index (χ4v) is 5.15. The first-order chi connectivity index (χ1) is 16.1. The minimum Gasteiger partial charge on any atom is -0.395 e. The summed E-state index contributed by atoms with van der Waals surface area (Å²) in [5.74, 6) is 1.49. The van der Waals surface area contributed by atoms with Crippen molar-refractivity contribution in [2.75, 3.05) is 76.3 Å². The number of carbonyl (C=O) groups is 1. The van der Waals surface area contributed by atoms with E-state index in [0.717, 1.165) is 42.2 Å². The van der Waals surface area contributed by atoms with Crippen LogP contribution in [0.15, 0.2) is 18.5 Å². The van der Waals surface area contributed by atoms with Gasteiger partial charge in [-0.05, 0) is 6.07 Å². The van der Waals surface area contributed by atoms with Gasteiger partial charge in [0.2, 0.25) is 5.95 Å². The van der Waals surface area contributed by atoms with Crippen LogP contribution in [-0.2, 0) is 4.74 Å². The van der Waals surface area contributed by atoms with Gasteiger partial charge in [0.25, 0.3) is 5.91 Å². The van der Waals surface area contributed by atoms with Crippen LogP contribution >= 0.6 is 11.3 Å². The van der Waals surface area contributed by atoms with E-state index in [4.69, 9.17) is 25.5 Å². The first kappa shape index (κ1) is 21.9. The summed E-state index contributed by atoms with van der Waals surface area (Å²) in [6.07, 6.45) is 3.22. The van der Waals surface area contributed by atoms with Crippen molar-refractivity contribution >= 4 is 39.2 Å². The van der Waals surface area contributed by atoms with Crippen LogP contribution in [0.5, 0.6) is 0 Å². The number of piperazine rings is 1. The van der Waals surface area contributed by atoms with Gasteiger partial charge in [-0.25, -0.2) is 19.9 Å². The van der Waals surface area contributed by atoms with Crippen LogP contribution in [0, 0.1) is 0 Å². The molecule has 0 radical (unpaired) electrons. The molecule has 3 N–H and O–H groups in total. The Hall–Kier alpha value is -2.93. The molecule has 2 fully saturated rings. The lowest BCUT2D eigenvalue weighted by Gasteiger charge is -2.34. The number of hydrogen-bond donors (Lipinski definition) is 2. The van der Waals surface area contributed by atoms with E-state index >= 15 is 0 Å². The third-order valence-electron chi connectivity index (χ3n) is 5.88. The second kappa shape index (κ2) is 9.51. The average Bonchev–Trinajstić information content (AvgIpc) is 3.29. The highest BCUT2D eigenvalue weighted by Gasteiger charge is 2.26. The van der Waals surface area contributed by atoms with E-state index in [0.29, 0.717) is 49.1 Å². The summed E-state index contributed by atoms with van der Waals surface area (Å²) in [5, 5.41) is 9.14. The third-order valence-corrected chi connectivity index (χ3v) is 6.99. The maximum atomic E-state index is 13.3. The van der Waals surface area contributed by atoms with Crippen molar-refractivity contribution in [3.63, 3.8) is 0 Å². The Morgan fingerprint density at radius 1 is 1.09 bits per heavy atom. The zero-order valence-electron chi connectivity index (χ0n) is 18.2. The number of thiophene rings is 1. The number of aliphatic hydroxyl groups is 1. The number of nitrogens with zero attached hydrogens (tertiary/aromatic N) is 7. The average molecular weight is 471 g/mol. The van der Waals surface area contributed by atoms with Gasteiger partial charge in [0.05, 0.1) is 40.5 Å². The zero-order chi connectivity index (χ0) is 22.8. The first-order valence-electron chi connectivity index (χ1n) is 11.0. The summed E-state index contributed by atoms with van der Waals surface area (Å²) in [4.78, 5) is 37.8. The van der Waals surface area contributed by atoms with Gasteiger partial charge in [-0.2, -0.15) is 0 Å². The molecule has 33 heavy (non-hydrogen) atoms. The van der Waals surface area contributed by atoms with Gasteiger partial charge in [0.15, 0.2) is 11.6 Å². The van der Waals surface area contributed by atoms with E-state index in [9.17, 15) is 4.79 Å². The Bertz CT molecular complexity index is 1120. The molecule has 1 amide bonds. The molecule has 0 saturated carbocycles. The van der Waals surface area contributed by atoms with Crippen LogP contribution in [-0.4, -0.2) is 106 Å². The quantitative estimate of drug-likeness (QED) is 0.537. The smallest absolute Gasteiger partial charge is 0.264 e. The monoisotopic (exact) mass is 470 g/mol. The molecule has 0 spiro atoms. The zero-order valence-corrected chi connectivity index (χ0v) is 19.0. The summed E-state index contributed by atoms with van der Waals surface area (Å²) in [7, 11) is 0. The normalized spacial score (nSPS) is 17.6. The number of fused-ring (bicyclic) bond motifs is 1. The number of carbonyl (C=O) groups excluding carboxylic acids is 1. The van der Waals surface area contributed by atoms with Crippen LogP contribution in [0.3, 0.4) is 0 Å². The number of nitrogen functional groups attached to an aromatic ring is 1. The molecule has 2 saturated heterocycles. The summed E-state index contributed by atoms with van der Waals surface area (Å²) in [5.41, 5.74) is 7.03. The lowest BCUT2D eigenvalue weighted by Crippen LogP contribution is -2.49. The van der Waals surface area contributed by atoms with Crippen LogP contribution in [0.1, 0.15) is 9.67 Å². The van der Waals surface area contributed by atoms with Gasteiger partial charge < -0.3 is 25.4 Å². The van der Waals surface area contributed by atoms with E-state index in [1.165, 1.54) is 11.3 Å². The molecule has 0 aromatic carbocycles. The summed E-state index contributed by atoms with van der Waals surface area (Å²) in [6.45, 7) is 6.27.